The number of ether oxygens (including phenoxy) is 1. The van der Waals surface area contributed by atoms with Gasteiger partial charge in [-0.3, -0.25) is 4.79 Å². The van der Waals surface area contributed by atoms with Gasteiger partial charge in [0.25, 0.3) is 0 Å². The van der Waals surface area contributed by atoms with Gasteiger partial charge in [-0.05, 0) is 68.4 Å². The zero-order valence-corrected chi connectivity index (χ0v) is 18.9. The van der Waals surface area contributed by atoms with Gasteiger partial charge in [-0.25, -0.2) is 4.79 Å². The summed E-state index contributed by atoms with van der Waals surface area (Å²) in [6.45, 7) is 5.83. The summed E-state index contributed by atoms with van der Waals surface area (Å²) in [6, 6.07) is 5.07. The van der Waals surface area contributed by atoms with E-state index in [0.29, 0.717) is 32.1 Å². The van der Waals surface area contributed by atoms with E-state index in [-0.39, 0.29) is 18.0 Å². The zero-order valence-electron chi connectivity index (χ0n) is 16.6. The fraction of sp³-hybridized carbons (Fsp3) is 0.364. The predicted octanol–water partition coefficient (Wildman–Crippen LogP) is 6.40. The molecule has 7 heteroatoms. The fourth-order valence-electron chi connectivity index (χ4n) is 3.28. The summed E-state index contributed by atoms with van der Waals surface area (Å²) in [7, 11) is 0. The van der Waals surface area contributed by atoms with Crippen LogP contribution in [0.2, 0.25) is 10.0 Å². The quantitative estimate of drug-likeness (QED) is 0.422. The van der Waals surface area contributed by atoms with Crippen LogP contribution in [0.15, 0.2) is 24.3 Å². The highest BCUT2D eigenvalue weighted by Gasteiger charge is 2.29. The molecule has 1 atom stereocenters. The van der Waals surface area contributed by atoms with E-state index >= 15 is 0 Å². The molecule has 3 rings (SSSR count). The van der Waals surface area contributed by atoms with Crippen molar-refractivity contribution in [2.45, 2.75) is 46.1 Å². The molecule has 1 aromatic carbocycles. The van der Waals surface area contributed by atoms with Crippen molar-refractivity contribution in [2.75, 3.05) is 5.32 Å². The highest BCUT2D eigenvalue weighted by Crippen LogP contribution is 2.40. The van der Waals surface area contributed by atoms with Crippen molar-refractivity contribution in [1.29, 1.82) is 0 Å². The Bertz CT molecular complexity index is 965. The van der Waals surface area contributed by atoms with E-state index in [1.54, 1.807) is 24.3 Å². The van der Waals surface area contributed by atoms with E-state index in [1.807, 2.05) is 13.8 Å². The lowest BCUT2D eigenvalue weighted by molar-refractivity contribution is -0.111. The van der Waals surface area contributed by atoms with E-state index in [2.05, 4.69) is 12.2 Å². The number of benzene rings is 1. The number of anilines is 1. The summed E-state index contributed by atoms with van der Waals surface area (Å²) in [5, 5.41) is 4.40. The number of esters is 1. The third-order valence-electron chi connectivity index (χ3n) is 4.67. The average Bonchev–Trinajstić information content (AvgIpc) is 2.97. The second-order valence-electron chi connectivity index (χ2n) is 7.50. The van der Waals surface area contributed by atoms with Crippen molar-refractivity contribution in [3.05, 3.63) is 55.9 Å². The van der Waals surface area contributed by atoms with Gasteiger partial charge in [0.1, 0.15) is 5.00 Å². The fourth-order valence-corrected chi connectivity index (χ4v) is 5.16. The maximum atomic E-state index is 12.7. The second-order valence-corrected chi connectivity index (χ2v) is 9.45. The van der Waals surface area contributed by atoms with Gasteiger partial charge in [0.2, 0.25) is 5.91 Å². The van der Waals surface area contributed by atoms with Gasteiger partial charge in [0, 0.05) is 21.0 Å². The second kappa shape index (κ2) is 9.33. The third kappa shape index (κ3) is 5.41. The molecular formula is C22H23Cl2NO3S. The molecule has 1 N–H and O–H groups in total. The Morgan fingerprint density at radius 2 is 2.07 bits per heavy atom. The molecule has 0 bridgehead atoms. The average molecular weight is 452 g/mol. The number of halogens is 2. The van der Waals surface area contributed by atoms with E-state index < -0.39 is 0 Å². The number of thiophene rings is 1. The number of hydrogen-bond acceptors (Lipinski definition) is 4. The maximum absolute atomic E-state index is 12.7. The van der Waals surface area contributed by atoms with Crippen LogP contribution >= 0.6 is 34.5 Å². The first-order valence-electron chi connectivity index (χ1n) is 9.54. The Labute approximate surface area is 184 Å². The SMILES string of the molecule is CC(C)OC(=O)c1c(NC(=O)/C=C\c2ccc(Cl)cc2Cl)sc2c1CC[C@@H](C)C2. The van der Waals surface area contributed by atoms with Crippen LogP contribution in [-0.4, -0.2) is 18.0 Å². The van der Waals surface area contributed by atoms with Crippen LogP contribution in [0.5, 0.6) is 0 Å². The molecule has 1 aliphatic rings. The summed E-state index contributed by atoms with van der Waals surface area (Å²) >= 11 is 13.5. The minimum absolute atomic E-state index is 0.226. The summed E-state index contributed by atoms with van der Waals surface area (Å²) in [5.74, 6) is -0.154. The molecular weight excluding hydrogens is 429 g/mol. The normalized spacial score (nSPS) is 16.1. The van der Waals surface area contributed by atoms with Crippen molar-refractivity contribution in [1.82, 2.24) is 0 Å². The van der Waals surface area contributed by atoms with E-state index in [1.165, 1.54) is 17.4 Å². The Morgan fingerprint density at radius 1 is 1.31 bits per heavy atom. The third-order valence-corrected chi connectivity index (χ3v) is 6.40. The Morgan fingerprint density at radius 3 is 2.76 bits per heavy atom. The van der Waals surface area contributed by atoms with E-state index in [4.69, 9.17) is 27.9 Å². The van der Waals surface area contributed by atoms with E-state index in [9.17, 15) is 9.59 Å². The highest BCUT2D eigenvalue weighted by atomic mass is 35.5. The van der Waals surface area contributed by atoms with Crippen LogP contribution in [0.4, 0.5) is 5.00 Å². The number of hydrogen-bond donors (Lipinski definition) is 1. The van der Waals surface area contributed by atoms with Crippen LogP contribution in [0.3, 0.4) is 0 Å². The van der Waals surface area contributed by atoms with Crippen molar-refractivity contribution in [3.63, 3.8) is 0 Å². The number of amides is 1. The Hall–Kier alpha value is -1.82. The molecule has 0 saturated carbocycles. The Balaban J connectivity index is 1.84. The molecule has 1 amide bonds. The van der Waals surface area contributed by atoms with Crippen molar-refractivity contribution >= 4 is 57.5 Å². The molecule has 4 nitrogen and oxygen atoms in total. The summed E-state index contributed by atoms with van der Waals surface area (Å²) in [5.41, 5.74) is 2.20. The van der Waals surface area contributed by atoms with Crippen LogP contribution in [-0.2, 0) is 22.4 Å². The number of rotatable bonds is 5. The molecule has 0 aliphatic heterocycles. The molecule has 0 spiro atoms. The summed E-state index contributed by atoms with van der Waals surface area (Å²) < 4.78 is 5.43. The molecule has 2 aromatic rings. The highest BCUT2D eigenvalue weighted by molar-refractivity contribution is 7.17. The first kappa shape index (κ1) is 21.9. The molecule has 1 heterocycles. The van der Waals surface area contributed by atoms with Gasteiger partial charge in [-0.2, -0.15) is 0 Å². The maximum Gasteiger partial charge on any atom is 0.341 e. The smallest absolute Gasteiger partial charge is 0.341 e. The van der Waals surface area contributed by atoms with Gasteiger partial charge in [0.15, 0.2) is 0 Å². The lowest BCUT2D eigenvalue weighted by atomic mass is 9.88. The number of carbonyl (C=O) groups is 2. The lowest BCUT2D eigenvalue weighted by Gasteiger charge is -2.18. The van der Waals surface area contributed by atoms with Gasteiger partial charge >= 0.3 is 5.97 Å². The minimum atomic E-state index is -0.382. The summed E-state index contributed by atoms with van der Waals surface area (Å²) in [6.07, 6.45) is 5.55. The largest absolute Gasteiger partial charge is 0.459 e. The number of carbonyl (C=O) groups excluding carboxylic acids is 2. The van der Waals surface area contributed by atoms with Crippen molar-refractivity contribution < 1.29 is 14.3 Å². The van der Waals surface area contributed by atoms with Crippen LogP contribution < -0.4 is 5.32 Å². The zero-order chi connectivity index (χ0) is 21.1. The molecule has 0 unspecified atom stereocenters. The van der Waals surface area contributed by atoms with Crippen molar-refractivity contribution in [2.24, 2.45) is 5.92 Å². The predicted molar refractivity (Wildman–Crippen MR) is 120 cm³/mol. The van der Waals surface area contributed by atoms with Gasteiger partial charge in [-0.1, -0.05) is 36.2 Å². The monoisotopic (exact) mass is 451 g/mol. The Kier molecular flexibility index (Phi) is 7.04. The van der Waals surface area contributed by atoms with E-state index in [0.717, 1.165) is 29.7 Å². The first-order valence-corrected chi connectivity index (χ1v) is 11.1. The number of fused-ring (bicyclic) bond motifs is 1. The lowest BCUT2D eigenvalue weighted by Crippen LogP contribution is -2.18. The number of nitrogens with one attached hydrogen (secondary N) is 1. The van der Waals surface area contributed by atoms with Gasteiger partial charge in [0.05, 0.1) is 11.7 Å². The molecule has 0 fully saturated rings. The topological polar surface area (TPSA) is 55.4 Å². The molecule has 154 valence electrons. The minimum Gasteiger partial charge on any atom is -0.459 e. The van der Waals surface area contributed by atoms with Gasteiger partial charge < -0.3 is 10.1 Å². The first-order chi connectivity index (χ1) is 13.7. The molecule has 29 heavy (non-hydrogen) atoms. The van der Waals surface area contributed by atoms with Crippen LogP contribution in [0.1, 0.15) is 53.6 Å². The molecule has 0 radical (unpaired) electrons. The van der Waals surface area contributed by atoms with Crippen molar-refractivity contribution in [3.8, 4) is 0 Å². The summed E-state index contributed by atoms with van der Waals surface area (Å²) in [4.78, 5) is 26.4. The molecule has 0 saturated heterocycles. The standard InChI is InChI=1S/C22H23Cl2NO3S/c1-12(2)28-22(27)20-16-8-4-13(3)10-18(16)29-21(20)25-19(26)9-6-14-5-7-15(23)11-17(14)24/h5-7,9,11-13H,4,8,10H2,1-3H3,(H,25,26)/b9-6-/t13-/m1/s1. The molecule has 1 aliphatic carbocycles. The molecule has 1 aromatic heterocycles. The van der Waals surface area contributed by atoms with Gasteiger partial charge in [-0.15, -0.1) is 11.3 Å². The van der Waals surface area contributed by atoms with Crippen LogP contribution in [0.25, 0.3) is 6.08 Å². The van der Waals surface area contributed by atoms with Crippen LogP contribution in [0, 0.1) is 5.92 Å².